The Morgan fingerprint density at radius 3 is 3.00 bits per heavy atom. The topological polar surface area (TPSA) is 63.1 Å². The van der Waals surface area contributed by atoms with Crippen LogP contribution < -0.4 is 0 Å². The fourth-order valence-corrected chi connectivity index (χ4v) is 1.16. The van der Waals surface area contributed by atoms with Gasteiger partial charge in [0.25, 0.3) is 0 Å². The van der Waals surface area contributed by atoms with Crippen molar-refractivity contribution in [3.8, 4) is 0 Å². The molecule has 2 aromatic rings. The molecule has 0 aliphatic heterocycles. The van der Waals surface area contributed by atoms with Gasteiger partial charge in [-0.15, -0.1) is 0 Å². The van der Waals surface area contributed by atoms with Crippen LogP contribution in [0.25, 0.3) is 10.9 Å². The predicted molar refractivity (Wildman–Crippen MR) is 46.5 cm³/mol. The van der Waals surface area contributed by atoms with E-state index in [0.29, 0.717) is 5.52 Å². The van der Waals surface area contributed by atoms with Crippen LogP contribution in [0.5, 0.6) is 0 Å². The van der Waals surface area contributed by atoms with Gasteiger partial charge < -0.3 is 5.11 Å². The summed E-state index contributed by atoms with van der Waals surface area (Å²) in [6.45, 7) is 0. The number of nitrogens with zero attached hydrogens (tertiary/aromatic N) is 2. The Bertz CT molecular complexity index is 463. The third kappa shape index (κ3) is 1.22. The van der Waals surface area contributed by atoms with Gasteiger partial charge in [-0.1, -0.05) is 0 Å². The lowest BCUT2D eigenvalue weighted by atomic mass is 10.2. The highest BCUT2D eigenvalue weighted by atomic mass is 16.4. The average Bonchev–Trinajstić information content (AvgIpc) is 2.17. The van der Waals surface area contributed by atoms with E-state index in [4.69, 9.17) is 5.11 Å². The molecule has 0 aliphatic rings. The molecule has 0 radical (unpaired) electrons. The molecule has 0 aromatic carbocycles. The lowest BCUT2D eigenvalue weighted by Crippen LogP contribution is -1.99. The molecule has 2 aromatic heterocycles. The number of hydrogen-bond acceptors (Lipinski definition) is 3. The Labute approximate surface area is 73.9 Å². The molecule has 0 aliphatic carbocycles. The second-order valence-electron chi connectivity index (χ2n) is 2.57. The lowest BCUT2D eigenvalue weighted by Gasteiger charge is -1.98. The van der Waals surface area contributed by atoms with Crippen LogP contribution in [-0.2, 0) is 0 Å². The van der Waals surface area contributed by atoms with Crippen molar-refractivity contribution in [1.82, 2.24) is 9.97 Å². The number of carboxylic acid groups (broad SMARTS) is 1. The van der Waals surface area contributed by atoms with E-state index < -0.39 is 5.97 Å². The number of fused-ring (bicyclic) bond motifs is 1. The van der Waals surface area contributed by atoms with Gasteiger partial charge in [0, 0.05) is 24.0 Å². The van der Waals surface area contributed by atoms with E-state index in [1.165, 1.54) is 6.20 Å². The number of carbonyl (C=O) groups is 1. The lowest BCUT2D eigenvalue weighted by molar-refractivity contribution is 0.0698. The molecule has 0 saturated heterocycles. The number of aromatic carboxylic acids is 1. The van der Waals surface area contributed by atoms with Crippen molar-refractivity contribution >= 4 is 16.9 Å². The molecule has 13 heavy (non-hydrogen) atoms. The van der Waals surface area contributed by atoms with Crippen molar-refractivity contribution in [2.45, 2.75) is 0 Å². The van der Waals surface area contributed by atoms with E-state index in [1.807, 2.05) is 0 Å². The summed E-state index contributed by atoms with van der Waals surface area (Å²) in [5.41, 5.74) is 0.614. The fourth-order valence-electron chi connectivity index (χ4n) is 1.16. The van der Waals surface area contributed by atoms with Crippen LogP contribution in [0.15, 0.2) is 30.7 Å². The first-order chi connectivity index (χ1) is 6.29. The van der Waals surface area contributed by atoms with Crippen LogP contribution in [0.2, 0.25) is 0 Å². The van der Waals surface area contributed by atoms with Crippen molar-refractivity contribution in [3.63, 3.8) is 0 Å². The third-order valence-corrected chi connectivity index (χ3v) is 1.74. The molecule has 0 atom stereocenters. The number of pyridine rings is 2. The van der Waals surface area contributed by atoms with Crippen molar-refractivity contribution in [1.29, 1.82) is 0 Å². The molecule has 0 amide bonds. The summed E-state index contributed by atoms with van der Waals surface area (Å²) in [4.78, 5) is 18.5. The van der Waals surface area contributed by atoms with E-state index in [9.17, 15) is 4.79 Å². The van der Waals surface area contributed by atoms with Crippen LogP contribution in [0.1, 0.15) is 10.4 Å². The zero-order valence-electron chi connectivity index (χ0n) is 6.64. The Kier molecular flexibility index (Phi) is 1.66. The standard InChI is InChI=1S/C9H6N2O2/c12-9(13)7-5-10-4-6-2-1-3-11-8(6)7/h1-5H,(H,12,13). The second-order valence-corrected chi connectivity index (χ2v) is 2.57. The molecule has 1 N–H and O–H groups in total. The first-order valence-electron chi connectivity index (χ1n) is 3.71. The number of carboxylic acids is 1. The van der Waals surface area contributed by atoms with Crippen molar-refractivity contribution < 1.29 is 9.90 Å². The Balaban J connectivity index is 2.83. The first-order valence-corrected chi connectivity index (χ1v) is 3.71. The van der Waals surface area contributed by atoms with E-state index in [1.54, 1.807) is 24.5 Å². The molecule has 4 heteroatoms. The minimum atomic E-state index is -1.00. The van der Waals surface area contributed by atoms with Gasteiger partial charge in [-0.25, -0.2) is 4.79 Å². The molecular weight excluding hydrogens is 168 g/mol. The smallest absolute Gasteiger partial charge is 0.339 e. The van der Waals surface area contributed by atoms with Crippen LogP contribution in [0.3, 0.4) is 0 Å². The molecule has 0 fully saturated rings. The van der Waals surface area contributed by atoms with Gasteiger partial charge in [0.2, 0.25) is 0 Å². The SMILES string of the molecule is O=C(O)c1cncc2cccnc12. The zero-order chi connectivity index (χ0) is 9.26. The van der Waals surface area contributed by atoms with Gasteiger partial charge >= 0.3 is 5.97 Å². The van der Waals surface area contributed by atoms with Crippen molar-refractivity contribution in [3.05, 3.63) is 36.3 Å². The number of hydrogen-bond donors (Lipinski definition) is 1. The van der Waals surface area contributed by atoms with Gasteiger partial charge in [-0.2, -0.15) is 0 Å². The molecule has 0 saturated carbocycles. The van der Waals surface area contributed by atoms with Crippen LogP contribution in [0.4, 0.5) is 0 Å². The summed E-state index contributed by atoms with van der Waals surface area (Å²) in [6.07, 6.45) is 4.46. The summed E-state index contributed by atoms with van der Waals surface area (Å²) in [7, 11) is 0. The monoisotopic (exact) mass is 174 g/mol. The van der Waals surface area contributed by atoms with E-state index in [2.05, 4.69) is 9.97 Å². The summed E-state index contributed by atoms with van der Waals surface area (Å²) in [5.74, 6) is -1.00. The molecule has 4 nitrogen and oxygen atoms in total. The quantitative estimate of drug-likeness (QED) is 0.708. The van der Waals surface area contributed by atoms with Gasteiger partial charge in [-0.3, -0.25) is 9.97 Å². The molecular formula is C9H6N2O2. The largest absolute Gasteiger partial charge is 0.478 e. The summed E-state index contributed by atoms with van der Waals surface area (Å²) >= 11 is 0. The number of rotatable bonds is 1. The summed E-state index contributed by atoms with van der Waals surface area (Å²) in [5, 5.41) is 9.54. The Morgan fingerprint density at radius 1 is 1.38 bits per heavy atom. The molecule has 64 valence electrons. The molecule has 2 heterocycles. The third-order valence-electron chi connectivity index (χ3n) is 1.74. The fraction of sp³-hybridized carbons (Fsp3) is 0. The minimum Gasteiger partial charge on any atom is -0.478 e. The van der Waals surface area contributed by atoms with E-state index >= 15 is 0 Å². The maximum absolute atomic E-state index is 10.7. The molecule has 0 spiro atoms. The maximum atomic E-state index is 10.7. The highest BCUT2D eigenvalue weighted by Crippen LogP contribution is 2.13. The van der Waals surface area contributed by atoms with Crippen molar-refractivity contribution in [2.24, 2.45) is 0 Å². The molecule has 2 rings (SSSR count). The molecule has 0 bridgehead atoms. The van der Waals surface area contributed by atoms with Crippen molar-refractivity contribution in [2.75, 3.05) is 0 Å². The summed E-state index contributed by atoms with van der Waals surface area (Å²) in [6, 6.07) is 3.53. The highest BCUT2D eigenvalue weighted by Gasteiger charge is 2.08. The maximum Gasteiger partial charge on any atom is 0.339 e. The van der Waals surface area contributed by atoms with Gasteiger partial charge in [0.1, 0.15) is 5.56 Å². The number of aromatic nitrogens is 2. The van der Waals surface area contributed by atoms with Gasteiger partial charge in [0.15, 0.2) is 0 Å². The van der Waals surface area contributed by atoms with E-state index in [-0.39, 0.29) is 5.56 Å². The predicted octanol–water partition coefficient (Wildman–Crippen LogP) is 1.33. The second kappa shape index (κ2) is 2.82. The Hall–Kier alpha value is -1.97. The normalized spacial score (nSPS) is 10.2. The van der Waals surface area contributed by atoms with Crippen LogP contribution >= 0.6 is 0 Å². The zero-order valence-corrected chi connectivity index (χ0v) is 6.64. The van der Waals surface area contributed by atoms with E-state index in [0.717, 1.165) is 5.39 Å². The van der Waals surface area contributed by atoms with Crippen LogP contribution in [0, 0.1) is 0 Å². The average molecular weight is 174 g/mol. The minimum absolute atomic E-state index is 0.137. The first kappa shape index (κ1) is 7.67. The van der Waals surface area contributed by atoms with Gasteiger partial charge in [-0.05, 0) is 12.1 Å². The van der Waals surface area contributed by atoms with Crippen LogP contribution in [-0.4, -0.2) is 21.0 Å². The summed E-state index contributed by atoms with van der Waals surface area (Å²) < 4.78 is 0. The Morgan fingerprint density at radius 2 is 2.23 bits per heavy atom. The highest BCUT2D eigenvalue weighted by molar-refractivity contribution is 6.00. The molecule has 0 unspecified atom stereocenters. The van der Waals surface area contributed by atoms with Gasteiger partial charge in [0.05, 0.1) is 5.52 Å².